The normalized spacial score (nSPS) is 10.1. The number of pyridine rings is 1. The van der Waals surface area contributed by atoms with Gasteiger partial charge in [0.25, 0.3) is 0 Å². The molecule has 0 amide bonds. The lowest BCUT2D eigenvalue weighted by atomic mass is 10.2. The number of ether oxygens (including phenoxy) is 2. The van der Waals surface area contributed by atoms with Crippen molar-refractivity contribution < 1.29 is 9.47 Å². The molecule has 88 valence electrons. The number of nitrogens with zero attached hydrogens (tertiary/aromatic N) is 1. The molecule has 0 N–H and O–H groups in total. The summed E-state index contributed by atoms with van der Waals surface area (Å²) in [6.07, 6.45) is 3.65. The van der Waals surface area contributed by atoms with E-state index < -0.39 is 0 Å². The number of rotatable bonds is 7. The van der Waals surface area contributed by atoms with E-state index in [1.165, 1.54) is 0 Å². The van der Waals surface area contributed by atoms with Crippen LogP contribution in [-0.2, 0) is 4.74 Å². The van der Waals surface area contributed by atoms with E-state index in [0.29, 0.717) is 12.5 Å². The average Bonchev–Trinajstić information content (AvgIpc) is 2.28. The fourth-order valence-electron chi connectivity index (χ4n) is 1.33. The van der Waals surface area contributed by atoms with E-state index in [0.717, 1.165) is 30.6 Å². The summed E-state index contributed by atoms with van der Waals surface area (Å²) in [6, 6.07) is 3.88. The van der Waals surface area contributed by atoms with Crippen molar-refractivity contribution in [3.05, 3.63) is 36.0 Å². The summed E-state index contributed by atoms with van der Waals surface area (Å²) < 4.78 is 10.6. The van der Waals surface area contributed by atoms with Crippen molar-refractivity contribution in [2.45, 2.75) is 19.8 Å². The first-order valence-electron chi connectivity index (χ1n) is 5.44. The average molecular weight is 221 g/mol. The highest BCUT2D eigenvalue weighted by atomic mass is 16.5. The maximum absolute atomic E-state index is 5.58. The molecular weight excluding hydrogens is 202 g/mol. The Labute approximate surface area is 97.1 Å². The molecule has 0 aromatic carbocycles. The van der Waals surface area contributed by atoms with Crippen LogP contribution < -0.4 is 4.74 Å². The van der Waals surface area contributed by atoms with Gasteiger partial charge in [-0.15, -0.1) is 0 Å². The molecule has 3 nitrogen and oxygen atoms in total. The van der Waals surface area contributed by atoms with Gasteiger partial charge in [-0.1, -0.05) is 12.6 Å². The Bertz CT molecular complexity index is 336. The largest absolute Gasteiger partial charge is 0.473 e. The van der Waals surface area contributed by atoms with E-state index in [2.05, 4.69) is 11.6 Å². The monoisotopic (exact) mass is 221 g/mol. The second-order valence-corrected chi connectivity index (χ2v) is 3.76. The van der Waals surface area contributed by atoms with E-state index in [-0.39, 0.29) is 0 Å². The summed E-state index contributed by atoms with van der Waals surface area (Å²) in [4.78, 5) is 4.16. The zero-order chi connectivity index (χ0) is 11.8. The van der Waals surface area contributed by atoms with Gasteiger partial charge < -0.3 is 9.47 Å². The second kappa shape index (κ2) is 7.01. The lowest BCUT2D eigenvalue weighted by molar-refractivity contribution is 0.194. The maximum atomic E-state index is 5.58. The molecule has 0 aliphatic heterocycles. The van der Waals surface area contributed by atoms with Crippen molar-refractivity contribution in [2.75, 3.05) is 20.3 Å². The van der Waals surface area contributed by atoms with Crippen molar-refractivity contribution in [3.8, 4) is 5.88 Å². The third-order valence-electron chi connectivity index (χ3n) is 2.25. The van der Waals surface area contributed by atoms with Crippen LogP contribution in [0.1, 0.15) is 18.4 Å². The third-order valence-corrected chi connectivity index (χ3v) is 2.25. The van der Waals surface area contributed by atoms with Gasteiger partial charge in [-0.05, 0) is 31.4 Å². The molecule has 1 heterocycles. The van der Waals surface area contributed by atoms with E-state index in [4.69, 9.17) is 9.47 Å². The summed E-state index contributed by atoms with van der Waals surface area (Å²) in [7, 11) is 1.70. The molecule has 0 aliphatic rings. The molecule has 0 aliphatic carbocycles. The number of hydrogen-bond donors (Lipinski definition) is 0. The molecule has 0 atom stereocenters. The SMILES string of the molecule is C=C(CCCOC)COc1ncccc1C. The van der Waals surface area contributed by atoms with Crippen molar-refractivity contribution in [3.63, 3.8) is 0 Å². The number of aryl methyl sites for hydroxylation is 1. The van der Waals surface area contributed by atoms with Gasteiger partial charge in [0.1, 0.15) is 6.61 Å². The minimum Gasteiger partial charge on any atom is -0.473 e. The molecule has 1 aromatic rings. The van der Waals surface area contributed by atoms with Gasteiger partial charge in [-0.3, -0.25) is 0 Å². The van der Waals surface area contributed by atoms with Crippen LogP contribution in [0.2, 0.25) is 0 Å². The first kappa shape index (κ1) is 12.7. The van der Waals surface area contributed by atoms with Crippen LogP contribution in [0.25, 0.3) is 0 Å². The van der Waals surface area contributed by atoms with Crippen molar-refractivity contribution in [1.29, 1.82) is 0 Å². The summed E-state index contributed by atoms with van der Waals surface area (Å²) in [5.74, 6) is 0.690. The van der Waals surface area contributed by atoms with Crippen LogP contribution in [0.5, 0.6) is 5.88 Å². The second-order valence-electron chi connectivity index (χ2n) is 3.76. The molecule has 0 unspecified atom stereocenters. The van der Waals surface area contributed by atoms with Gasteiger partial charge in [0.05, 0.1) is 0 Å². The van der Waals surface area contributed by atoms with Gasteiger partial charge in [0.2, 0.25) is 5.88 Å². The van der Waals surface area contributed by atoms with Gasteiger partial charge >= 0.3 is 0 Å². The molecule has 0 fully saturated rings. The zero-order valence-electron chi connectivity index (χ0n) is 10.0. The quantitative estimate of drug-likeness (QED) is 0.524. The summed E-state index contributed by atoms with van der Waals surface area (Å²) in [5.41, 5.74) is 2.12. The molecule has 0 saturated carbocycles. The minimum absolute atomic E-state index is 0.529. The van der Waals surface area contributed by atoms with Crippen LogP contribution in [0.4, 0.5) is 0 Å². The molecule has 0 saturated heterocycles. The Morgan fingerprint density at radius 3 is 3.00 bits per heavy atom. The fourth-order valence-corrected chi connectivity index (χ4v) is 1.33. The molecule has 16 heavy (non-hydrogen) atoms. The Hall–Kier alpha value is -1.35. The lowest BCUT2D eigenvalue weighted by Crippen LogP contribution is -2.03. The summed E-state index contributed by atoms with van der Waals surface area (Å²) >= 11 is 0. The van der Waals surface area contributed by atoms with Gasteiger partial charge in [0.15, 0.2) is 0 Å². The predicted molar refractivity (Wildman–Crippen MR) is 64.7 cm³/mol. The van der Waals surface area contributed by atoms with Gasteiger partial charge in [0, 0.05) is 25.5 Å². The Morgan fingerprint density at radius 2 is 2.31 bits per heavy atom. The van der Waals surface area contributed by atoms with E-state index in [1.807, 2.05) is 19.1 Å². The molecule has 1 aromatic heterocycles. The first-order chi connectivity index (χ1) is 7.74. The highest BCUT2D eigenvalue weighted by molar-refractivity contribution is 5.23. The van der Waals surface area contributed by atoms with Crippen LogP contribution in [0.15, 0.2) is 30.5 Å². The van der Waals surface area contributed by atoms with Crippen LogP contribution in [-0.4, -0.2) is 25.3 Å². The maximum Gasteiger partial charge on any atom is 0.216 e. The fraction of sp³-hybridized carbons (Fsp3) is 0.462. The molecule has 3 heteroatoms. The molecule has 0 radical (unpaired) electrons. The van der Waals surface area contributed by atoms with Crippen molar-refractivity contribution >= 4 is 0 Å². The smallest absolute Gasteiger partial charge is 0.216 e. The molecule has 1 rings (SSSR count). The van der Waals surface area contributed by atoms with Crippen LogP contribution >= 0.6 is 0 Å². The van der Waals surface area contributed by atoms with Crippen LogP contribution in [0.3, 0.4) is 0 Å². The highest BCUT2D eigenvalue weighted by Crippen LogP contribution is 2.13. The van der Waals surface area contributed by atoms with Crippen molar-refractivity contribution in [2.24, 2.45) is 0 Å². The number of aromatic nitrogens is 1. The van der Waals surface area contributed by atoms with E-state index in [1.54, 1.807) is 13.3 Å². The van der Waals surface area contributed by atoms with E-state index in [9.17, 15) is 0 Å². The zero-order valence-corrected chi connectivity index (χ0v) is 10.0. The van der Waals surface area contributed by atoms with E-state index >= 15 is 0 Å². The molecule has 0 spiro atoms. The Kier molecular flexibility index (Phi) is 5.57. The summed E-state index contributed by atoms with van der Waals surface area (Å²) in [6.45, 7) is 7.24. The first-order valence-corrected chi connectivity index (χ1v) is 5.44. The van der Waals surface area contributed by atoms with Crippen molar-refractivity contribution in [1.82, 2.24) is 4.98 Å². The van der Waals surface area contributed by atoms with Gasteiger partial charge in [-0.2, -0.15) is 0 Å². The minimum atomic E-state index is 0.529. The number of hydrogen-bond acceptors (Lipinski definition) is 3. The predicted octanol–water partition coefficient (Wildman–Crippen LogP) is 2.75. The highest BCUT2D eigenvalue weighted by Gasteiger charge is 2.01. The number of methoxy groups -OCH3 is 1. The molecular formula is C13H19NO2. The Morgan fingerprint density at radius 1 is 1.50 bits per heavy atom. The molecule has 0 bridgehead atoms. The summed E-state index contributed by atoms with van der Waals surface area (Å²) in [5, 5.41) is 0. The Balaban J connectivity index is 2.29. The third kappa shape index (κ3) is 4.45. The lowest BCUT2D eigenvalue weighted by Gasteiger charge is -2.09. The van der Waals surface area contributed by atoms with Gasteiger partial charge in [-0.25, -0.2) is 4.98 Å². The topological polar surface area (TPSA) is 31.4 Å². The standard InChI is InChI=1S/C13H19NO2/c1-11(6-5-9-15-3)10-16-13-12(2)7-4-8-14-13/h4,7-8H,1,5-6,9-10H2,2-3H3. The van der Waals surface area contributed by atoms with Crippen LogP contribution in [0, 0.1) is 6.92 Å².